The smallest absolute Gasteiger partial charge is 0.269 e. The van der Waals surface area contributed by atoms with Crippen molar-refractivity contribution in [3.05, 3.63) is 102 Å². The van der Waals surface area contributed by atoms with Gasteiger partial charge in [-0.25, -0.2) is 5.10 Å². The summed E-state index contributed by atoms with van der Waals surface area (Å²) in [6.07, 6.45) is 1.67. The van der Waals surface area contributed by atoms with Gasteiger partial charge in [-0.15, -0.1) is 0 Å². The molecule has 0 spiro atoms. The molecule has 0 aliphatic heterocycles. The van der Waals surface area contributed by atoms with Crippen LogP contribution in [0.15, 0.2) is 80.8 Å². The lowest BCUT2D eigenvalue weighted by molar-refractivity contribution is -0.384. The van der Waals surface area contributed by atoms with Crippen molar-refractivity contribution in [2.75, 3.05) is 0 Å². The van der Waals surface area contributed by atoms with Crippen LogP contribution in [0.4, 0.5) is 5.69 Å². The van der Waals surface area contributed by atoms with E-state index in [-0.39, 0.29) is 12.3 Å². The summed E-state index contributed by atoms with van der Waals surface area (Å²) in [6.45, 7) is 0.257. The van der Waals surface area contributed by atoms with E-state index >= 15 is 0 Å². The second kappa shape index (κ2) is 10.2. The number of aromatic nitrogens is 3. The molecule has 1 heterocycles. The number of halogens is 2. The molecule has 0 amide bonds. The summed E-state index contributed by atoms with van der Waals surface area (Å²) in [6, 6.07) is 19.6. The summed E-state index contributed by atoms with van der Waals surface area (Å²) in [5.74, 6) is 1.22. The Bertz CT molecular complexity index is 1360. The van der Waals surface area contributed by atoms with E-state index in [0.717, 1.165) is 25.6 Å². The molecule has 1 aromatic heterocycles. The maximum Gasteiger partial charge on any atom is 0.269 e. The molecule has 4 rings (SSSR count). The Balaban J connectivity index is 1.52. The number of hydrogen-bond donors (Lipinski definition) is 1. The molecule has 0 radical (unpaired) electrons. The zero-order valence-electron chi connectivity index (χ0n) is 16.8. The summed E-state index contributed by atoms with van der Waals surface area (Å²) in [5.41, 5.74) is 2.55. The second-order valence-electron chi connectivity index (χ2n) is 6.80. The Morgan fingerprint density at radius 2 is 1.79 bits per heavy atom. The Morgan fingerprint density at radius 3 is 2.42 bits per heavy atom. The van der Waals surface area contributed by atoms with E-state index in [2.05, 4.69) is 47.2 Å². The van der Waals surface area contributed by atoms with Gasteiger partial charge in [-0.1, -0.05) is 30.3 Å². The molecule has 33 heavy (non-hydrogen) atoms. The van der Waals surface area contributed by atoms with E-state index in [1.54, 1.807) is 23.0 Å². The zero-order chi connectivity index (χ0) is 23.4. The van der Waals surface area contributed by atoms with Crippen molar-refractivity contribution in [1.82, 2.24) is 14.9 Å². The van der Waals surface area contributed by atoms with Gasteiger partial charge in [0.15, 0.2) is 5.82 Å². The molecule has 0 atom stereocenters. The number of nitro benzene ring substituents is 1. The molecular formula is C22H15Br2N5O3S. The van der Waals surface area contributed by atoms with Gasteiger partial charge < -0.3 is 4.74 Å². The third-order valence-corrected chi connectivity index (χ3v) is 6.00. The maximum atomic E-state index is 10.8. The van der Waals surface area contributed by atoms with Gasteiger partial charge in [0.1, 0.15) is 12.4 Å². The van der Waals surface area contributed by atoms with Crippen LogP contribution < -0.4 is 4.74 Å². The average Bonchev–Trinajstić information content (AvgIpc) is 3.18. The maximum absolute atomic E-state index is 10.8. The first-order valence-corrected chi connectivity index (χ1v) is 11.5. The molecule has 0 bridgehead atoms. The molecule has 11 heteroatoms. The van der Waals surface area contributed by atoms with Gasteiger partial charge >= 0.3 is 0 Å². The summed E-state index contributed by atoms with van der Waals surface area (Å²) < 4.78 is 9.30. The van der Waals surface area contributed by atoms with Crippen LogP contribution >= 0.6 is 44.1 Å². The number of aromatic amines is 1. The molecule has 0 aliphatic rings. The van der Waals surface area contributed by atoms with Crippen LogP contribution in [0.25, 0.3) is 11.4 Å². The Hall–Kier alpha value is -3.15. The van der Waals surface area contributed by atoms with Crippen LogP contribution in [-0.4, -0.2) is 26.0 Å². The number of nitro groups is 1. The number of nitrogens with zero attached hydrogens (tertiary/aromatic N) is 4. The average molecular weight is 589 g/mol. The number of nitrogens with one attached hydrogen (secondary N) is 1. The minimum absolute atomic E-state index is 0.0397. The summed E-state index contributed by atoms with van der Waals surface area (Å²) in [7, 11) is 0. The molecule has 0 unspecified atom stereocenters. The summed E-state index contributed by atoms with van der Waals surface area (Å²) in [4.78, 5) is 10.4. The number of rotatable bonds is 7. The normalized spacial score (nSPS) is 11.1. The highest BCUT2D eigenvalue weighted by Gasteiger charge is 2.11. The van der Waals surface area contributed by atoms with E-state index in [1.165, 1.54) is 12.1 Å². The molecule has 0 saturated carbocycles. The molecule has 4 aromatic rings. The van der Waals surface area contributed by atoms with Crippen molar-refractivity contribution in [1.29, 1.82) is 0 Å². The standard InChI is InChI=1S/C22H15Br2N5O3S/c23-18-10-15(12-25-28-21(26-27-22(28)33)16-4-2-1-3-5-16)11-19(24)20(18)32-13-14-6-8-17(9-7-14)29(30)31/h1-12H,13H2,(H,27,33)/b25-12-. The lowest BCUT2D eigenvalue weighted by atomic mass is 10.2. The van der Waals surface area contributed by atoms with Gasteiger partial charge in [0, 0.05) is 17.7 Å². The third kappa shape index (κ3) is 5.44. The van der Waals surface area contributed by atoms with Crippen molar-refractivity contribution in [2.24, 2.45) is 5.10 Å². The zero-order valence-corrected chi connectivity index (χ0v) is 20.8. The molecular weight excluding hydrogens is 574 g/mol. The molecule has 0 fully saturated rings. The summed E-state index contributed by atoms with van der Waals surface area (Å²) >= 11 is 12.4. The van der Waals surface area contributed by atoms with Crippen LogP contribution in [-0.2, 0) is 6.61 Å². The van der Waals surface area contributed by atoms with E-state index in [9.17, 15) is 10.1 Å². The highest BCUT2D eigenvalue weighted by molar-refractivity contribution is 9.11. The quantitative estimate of drug-likeness (QED) is 0.115. The molecule has 8 nitrogen and oxygen atoms in total. The van der Waals surface area contributed by atoms with Gasteiger partial charge in [0.25, 0.3) is 5.69 Å². The van der Waals surface area contributed by atoms with Crippen molar-refractivity contribution < 1.29 is 9.66 Å². The van der Waals surface area contributed by atoms with E-state index < -0.39 is 4.92 Å². The number of ether oxygens (including phenoxy) is 1. The van der Waals surface area contributed by atoms with Crippen LogP contribution in [0.1, 0.15) is 11.1 Å². The first kappa shape index (κ1) is 23.0. The van der Waals surface area contributed by atoms with Crippen molar-refractivity contribution >= 4 is 56.0 Å². The number of benzene rings is 3. The van der Waals surface area contributed by atoms with Crippen LogP contribution in [0.2, 0.25) is 0 Å². The molecule has 0 saturated heterocycles. The van der Waals surface area contributed by atoms with Crippen LogP contribution in [0.5, 0.6) is 5.75 Å². The lowest BCUT2D eigenvalue weighted by Gasteiger charge is -2.11. The Morgan fingerprint density at radius 1 is 1.12 bits per heavy atom. The highest BCUT2D eigenvalue weighted by Crippen LogP contribution is 2.35. The van der Waals surface area contributed by atoms with Crippen LogP contribution in [0, 0.1) is 14.9 Å². The Kier molecular flexibility index (Phi) is 7.11. The molecule has 1 N–H and O–H groups in total. The van der Waals surface area contributed by atoms with Crippen molar-refractivity contribution in [3.63, 3.8) is 0 Å². The van der Waals surface area contributed by atoms with E-state index in [0.29, 0.717) is 16.3 Å². The fraction of sp³-hybridized carbons (Fsp3) is 0.0455. The first-order valence-electron chi connectivity index (χ1n) is 9.55. The minimum Gasteiger partial charge on any atom is -0.487 e. The SMILES string of the molecule is O=[N+]([O-])c1ccc(COc2c(Br)cc(/C=N\n3c(-c4ccccc4)n[nH]c3=S)cc2Br)cc1. The molecule has 3 aromatic carbocycles. The van der Waals surface area contributed by atoms with Crippen molar-refractivity contribution in [2.45, 2.75) is 6.61 Å². The third-order valence-electron chi connectivity index (χ3n) is 4.56. The molecule has 0 aliphatic carbocycles. The van der Waals surface area contributed by atoms with Crippen molar-refractivity contribution in [3.8, 4) is 17.1 Å². The largest absolute Gasteiger partial charge is 0.487 e. The van der Waals surface area contributed by atoms with E-state index in [4.69, 9.17) is 17.0 Å². The fourth-order valence-electron chi connectivity index (χ4n) is 2.96. The Labute approximate surface area is 210 Å². The predicted molar refractivity (Wildman–Crippen MR) is 135 cm³/mol. The van der Waals surface area contributed by atoms with Gasteiger partial charge in [-0.05, 0) is 79.5 Å². The van der Waals surface area contributed by atoms with Crippen LogP contribution in [0.3, 0.4) is 0 Å². The minimum atomic E-state index is -0.433. The molecule has 166 valence electrons. The second-order valence-corrected chi connectivity index (χ2v) is 8.90. The highest BCUT2D eigenvalue weighted by atomic mass is 79.9. The summed E-state index contributed by atoms with van der Waals surface area (Å²) in [5, 5.41) is 22.3. The topological polar surface area (TPSA) is 98.3 Å². The van der Waals surface area contributed by atoms with Gasteiger partial charge in [-0.2, -0.15) is 14.9 Å². The number of hydrogen-bond acceptors (Lipinski definition) is 6. The predicted octanol–water partition coefficient (Wildman–Crippen LogP) is 6.50. The lowest BCUT2D eigenvalue weighted by Crippen LogP contribution is -1.99. The number of H-pyrrole nitrogens is 1. The first-order chi connectivity index (χ1) is 15.9. The number of non-ortho nitro benzene ring substituents is 1. The monoisotopic (exact) mass is 587 g/mol. The van der Waals surface area contributed by atoms with E-state index in [1.807, 2.05) is 42.5 Å². The fourth-order valence-corrected chi connectivity index (χ4v) is 4.59. The van der Waals surface area contributed by atoms with Gasteiger partial charge in [0.05, 0.1) is 20.1 Å². The van der Waals surface area contributed by atoms with Gasteiger partial charge in [-0.3, -0.25) is 10.1 Å². The van der Waals surface area contributed by atoms with Gasteiger partial charge in [0.2, 0.25) is 4.77 Å².